The summed E-state index contributed by atoms with van der Waals surface area (Å²) in [5.41, 5.74) is 5.91. The maximum absolute atomic E-state index is 13.4. The van der Waals surface area contributed by atoms with Crippen LogP contribution in [0.1, 0.15) is 22.1 Å². The average molecular weight is 371 g/mol. The van der Waals surface area contributed by atoms with Crippen molar-refractivity contribution in [2.24, 2.45) is 5.73 Å². The molecule has 0 saturated carbocycles. The van der Waals surface area contributed by atoms with Crippen molar-refractivity contribution in [3.8, 4) is 11.3 Å². The van der Waals surface area contributed by atoms with E-state index in [4.69, 9.17) is 17.3 Å². The van der Waals surface area contributed by atoms with E-state index in [9.17, 15) is 23.5 Å². The molecule has 1 aliphatic heterocycles. The Bertz CT molecular complexity index is 855. The number of alkyl halides is 2. The monoisotopic (exact) mass is 370 g/mol. The van der Waals surface area contributed by atoms with Crippen molar-refractivity contribution in [3.05, 3.63) is 40.5 Å². The molecular weight excluding hydrogens is 358 g/mol. The Morgan fingerprint density at radius 2 is 2.12 bits per heavy atom. The van der Waals surface area contributed by atoms with E-state index in [0.29, 0.717) is 10.6 Å². The minimum atomic E-state index is -2.87. The summed E-state index contributed by atoms with van der Waals surface area (Å²) in [6.45, 7) is -0.695. The number of carbonyl (C=O) groups excluding carboxylic acids is 1. The number of halogens is 3. The van der Waals surface area contributed by atoms with Crippen LogP contribution < -0.4 is 5.73 Å². The van der Waals surface area contributed by atoms with Crippen LogP contribution >= 0.6 is 11.6 Å². The van der Waals surface area contributed by atoms with Gasteiger partial charge in [-0.3, -0.25) is 9.48 Å². The van der Waals surface area contributed by atoms with Gasteiger partial charge in [0.1, 0.15) is 11.7 Å². The van der Waals surface area contributed by atoms with Crippen LogP contribution in [0.25, 0.3) is 11.3 Å². The van der Waals surface area contributed by atoms with E-state index in [1.165, 1.54) is 6.07 Å². The zero-order valence-electron chi connectivity index (χ0n) is 12.7. The van der Waals surface area contributed by atoms with Gasteiger partial charge < -0.3 is 15.7 Å². The molecule has 2 amide bonds. The Kier molecular flexibility index (Phi) is 4.34. The first-order valence-corrected chi connectivity index (χ1v) is 7.60. The Balaban J connectivity index is 2.22. The van der Waals surface area contributed by atoms with Crippen LogP contribution in [0.2, 0.25) is 5.02 Å². The lowest BCUT2D eigenvalue weighted by atomic mass is 10.0. The molecule has 7 nitrogen and oxygen atoms in total. The zero-order chi connectivity index (χ0) is 18.3. The molecule has 3 N–H and O–H groups in total. The van der Waals surface area contributed by atoms with E-state index in [0.717, 1.165) is 9.58 Å². The fourth-order valence-electron chi connectivity index (χ4n) is 2.87. The topological polar surface area (TPSA) is 101 Å². The maximum atomic E-state index is 13.4. The number of nitrogens with zero attached hydrogens (tertiary/aromatic N) is 3. The number of rotatable bonds is 3. The summed E-state index contributed by atoms with van der Waals surface area (Å²) in [6, 6.07) is 4.85. The molecule has 1 aliphatic rings. The largest absolute Gasteiger partial charge is 0.465 e. The second-order valence-electron chi connectivity index (χ2n) is 5.55. The molecule has 3 rings (SSSR count). The van der Waals surface area contributed by atoms with Crippen LogP contribution in [0.3, 0.4) is 0 Å². The van der Waals surface area contributed by atoms with Gasteiger partial charge in [-0.05, 0) is 12.1 Å². The first-order valence-electron chi connectivity index (χ1n) is 7.22. The van der Waals surface area contributed by atoms with Crippen LogP contribution in [-0.4, -0.2) is 44.8 Å². The first-order chi connectivity index (χ1) is 11.8. The molecule has 0 fully saturated rings. The van der Waals surface area contributed by atoms with Gasteiger partial charge in [0.15, 0.2) is 0 Å². The number of benzene rings is 1. The summed E-state index contributed by atoms with van der Waals surface area (Å²) in [6.07, 6.45) is -4.23. The van der Waals surface area contributed by atoms with E-state index in [-0.39, 0.29) is 23.5 Å². The molecule has 1 unspecified atom stereocenters. The minimum Gasteiger partial charge on any atom is -0.465 e. The van der Waals surface area contributed by atoms with Gasteiger partial charge in [-0.25, -0.2) is 13.6 Å². The quantitative estimate of drug-likeness (QED) is 0.867. The number of carboxylic acid groups (broad SMARTS) is 1. The number of aromatic nitrogens is 2. The molecular formula is C15H13ClF2N4O3. The highest BCUT2D eigenvalue weighted by Gasteiger charge is 2.38. The molecule has 0 radical (unpaired) electrons. The molecule has 2 aromatic rings. The van der Waals surface area contributed by atoms with Crippen molar-refractivity contribution in [1.82, 2.24) is 14.7 Å². The molecule has 1 atom stereocenters. The second-order valence-corrected chi connectivity index (χ2v) is 5.99. The average Bonchev–Trinajstić information content (AvgIpc) is 2.93. The summed E-state index contributed by atoms with van der Waals surface area (Å²) < 4.78 is 27.9. The Hall–Kier alpha value is -2.68. The van der Waals surface area contributed by atoms with Gasteiger partial charge in [-0.15, -0.1) is 0 Å². The third-order valence-corrected chi connectivity index (χ3v) is 4.21. The third kappa shape index (κ3) is 3.02. The van der Waals surface area contributed by atoms with Gasteiger partial charge in [-0.2, -0.15) is 5.10 Å². The smallest absolute Gasteiger partial charge is 0.407 e. The number of hydrogen-bond donors (Lipinski definition) is 2. The van der Waals surface area contributed by atoms with E-state index in [2.05, 4.69) is 5.10 Å². The van der Waals surface area contributed by atoms with Crippen molar-refractivity contribution in [1.29, 1.82) is 0 Å². The number of amides is 2. The molecule has 0 bridgehead atoms. The van der Waals surface area contributed by atoms with Gasteiger partial charge in [0.2, 0.25) is 0 Å². The van der Waals surface area contributed by atoms with E-state index >= 15 is 0 Å². The standard InChI is InChI=1S/C15H13ClF2N4O3/c16-8-3-1-2-7(4-8)12-11(14(19)23)9-5-21(15(24)25)6-10(13(17)18)22(9)20-12/h1-4,10,13H,5-6H2,(H2,19,23)(H,24,25). The molecule has 132 valence electrons. The van der Waals surface area contributed by atoms with Crippen molar-refractivity contribution < 1.29 is 23.5 Å². The molecule has 0 saturated heterocycles. The molecule has 25 heavy (non-hydrogen) atoms. The van der Waals surface area contributed by atoms with Crippen molar-refractivity contribution in [2.45, 2.75) is 19.0 Å². The van der Waals surface area contributed by atoms with Crippen LogP contribution in [0.5, 0.6) is 0 Å². The maximum Gasteiger partial charge on any atom is 0.407 e. The third-order valence-electron chi connectivity index (χ3n) is 3.98. The molecule has 2 heterocycles. The van der Waals surface area contributed by atoms with Crippen LogP contribution in [0.4, 0.5) is 13.6 Å². The fraction of sp³-hybridized carbons (Fsp3) is 0.267. The van der Waals surface area contributed by atoms with Gasteiger partial charge in [0, 0.05) is 10.6 Å². The van der Waals surface area contributed by atoms with E-state index in [1.54, 1.807) is 18.2 Å². The molecule has 1 aromatic carbocycles. The number of hydrogen-bond acceptors (Lipinski definition) is 3. The lowest BCUT2D eigenvalue weighted by Crippen LogP contribution is -2.43. The Morgan fingerprint density at radius 1 is 1.40 bits per heavy atom. The molecule has 1 aromatic heterocycles. The summed E-state index contributed by atoms with van der Waals surface area (Å²) in [7, 11) is 0. The predicted molar refractivity (Wildman–Crippen MR) is 84.7 cm³/mol. The normalized spacial score (nSPS) is 16.8. The number of carbonyl (C=O) groups is 2. The lowest BCUT2D eigenvalue weighted by molar-refractivity contribution is 0.0348. The summed E-state index contributed by atoms with van der Waals surface area (Å²) >= 11 is 5.94. The SMILES string of the molecule is NC(=O)c1c(-c2cccc(Cl)c2)nn2c1CN(C(=O)O)CC2C(F)F. The summed E-state index contributed by atoms with van der Waals surface area (Å²) in [5.74, 6) is -0.878. The molecule has 0 aliphatic carbocycles. The highest BCUT2D eigenvalue weighted by atomic mass is 35.5. The number of fused-ring (bicyclic) bond motifs is 1. The number of nitrogens with two attached hydrogens (primary N) is 1. The van der Waals surface area contributed by atoms with E-state index in [1.807, 2.05) is 0 Å². The van der Waals surface area contributed by atoms with Crippen molar-refractivity contribution in [3.63, 3.8) is 0 Å². The molecule has 0 spiro atoms. The van der Waals surface area contributed by atoms with Gasteiger partial charge in [0.25, 0.3) is 12.3 Å². The van der Waals surface area contributed by atoms with Crippen molar-refractivity contribution in [2.75, 3.05) is 6.54 Å². The highest BCUT2D eigenvalue weighted by molar-refractivity contribution is 6.30. The molecule has 10 heteroatoms. The Labute approximate surface area is 145 Å². The van der Waals surface area contributed by atoms with Crippen LogP contribution in [-0.2, 0) is 6.54 Å². The van der Waals surface area contributed by atoms with Crippen LogP contribution in [0, 0.1) is 0 Å². The van der Waals surface area contributed by atoms with Gasteiger partial charge in [0.05, 0.1) is 24.3 Å². The van der Waals surface area contributed by atoms with Gasteiger partial charge in [-0.1, -0.05) is 23.7 Å². The second kappa shape index (κ2) is 6.32. The summed E-state index contributed by atoms with van der Waals surface area (Å²) in [4.78, 5) is 24.0. The van der Waals surface area contributed by atoms with Crippen molar-refractivity contribution >= 4 is 23.6 Å². The first kappa shape index (κ1) is 17.2. The number of primary amides is 1. The minimum absolute atomic E-state index is 0.0430. The van der Waals surface area contributed by atoms with E-state index < -0.39 is 31.0 Å². The summed E-state index contributed by atoms with van der Waals surface area (Å²) in [5, 5.41) is 13.7. The lowest BCUT2D eigenvalue weighted by Gasteiger charge is -2.31. The fourth-order valence-corrected chi connectivity index (χ4v) is 3.06. The highest BCUT2D eigenvalue weighted by Crippen LogP contribution is 2.34. The zero-order valence-corrected chi connectivity index (χ0v) is 13.5. The predicted octanol–water partition coefficient (Wildman–Crippen LogP) is 2.60. The van der Waals surface area contributed by atoms with Gasteiger partial charge >= 0.3 is 6.09 Å². The van der Waals surface area contributed by atoms with Crippen LogP contribution in [0.15, 0.2) is 24.3 Å². The Morgan fingerprint density at radius 3 is 2.68 bits per heavy atom.